The quantitative estimate of drug-likeness (QED) is 0.0211. The van der Waals surface area contributed by atoms with Crippen LogP contribution in [-0.2, 0) is 32.7 Å². The molecule has 528 valence electrons. The first-order valence-electron chi connectivity index (χ1n) is 39.0. The Hall–Kier alpha value is -2.29. The van der Waals surface area contributed by atoms with Crippen molar-refractivity contribution in [3.8, 4) is 0 Å². The molecule has 0 rings (SSSR count). The summed E-state index contributed by atoms with van der Waals surface area (Å²) < 4.78 is 34.8. The number of carbonyl (C=O) groups is 2. The average molecular weight is 1290 g/mol. The number of ether oxygens (including phenoxy) is 2. The monoisotopic (exact) mass is 1290 g/mol. The number of esters is 2. The maximum atomic E-state index is 12.9. The van der Waals surface area contributed by atoms with E-state index in [0.29, 0.717) is 23.9 Å². The summed E-state index contributed by atoms with van der Waals surface area (Å²) in [7, 11) is 1.49. The summed E-state index contributed by atoms with van der Waals surface area (Å²) in [4.78, 5) is 36.0. The number of quaternary nitrogens is 1. The van der Waals surface area contributed by atoms with E-state index in [1.807, 2.05) is 21.1 Å². The Balaban J connectivity index is 3.94. The summed E-state index contributed by atoms with van der Waals surface area (Å²) in [5.74, 6) is -0.777. The number of phosphoric acid groups is 1. The largest absolute Gasteiger partial charge is 0.472 e. The second-order valence-corrected chi connectivity index (χ2v) is 29.2. The minimum atomic E-state index is -4.39. The lowest BCUT2D eigenvalue weighted by molar-refractivity contribution is -0.870. The standard InChI is InChI=1S/C80H150NO8P/c1-6-8-10-12-14-16-18-20-22-24-26-28-30-32-34-36-38-39-40-41-43-44-46-48-50-52-54-56-58-60-62-64-66-68-70-72-79(82)86-76-78(77-88-90(84,85)87-75-74-81(3,4)5)89-80(83)73-71-69-67-65-63-61-59-57-55-53-51-49-47-45-42-37-35-33-31-29-27-25-23-21-19-17-15-13-11-9-7-2/h18-21,24-27,31,33,78H,6-17,22-23,28-30,32,34-77H2,1-5H3/p+1/b20-18-,21-19-,26-24-,27-25-,33-31-. The molecule has 0 saturated carbocycles. The molecule has 2 atom stereocenters. The van der Waals surface area contributed by atoms with Crippen molar-refractivity contribution in [3.05, 3.63) is 60.8 Å². The van der Waals surface area contributed by atoms with Crippen LogP contribution in [0.1, 0.15) is 386 Å². The molecule has 0 bridgehead atoms. The van der Waals surface area contributed by atoms with Gasteiger partial charge in [0.2, 0.25) is 0 Å². The van der Waals surface area contributed by atoms with E-state index >= 15 is 0 Å². The Morgan fingerprint density at radius 1 is 0.344 bits per heavy atom. The van der Waals surface area contributed by atoms with Crippen LogP contribution in [0.5, 0.6) is 0 Å². The van der Waals surface area contributed by atoms with Crippen molar-refractivity contribution in [2.45, 2.75) is 392 Å². The van der Waals surface area contributed by atoms with Crippen molar-refractivity contribution in [2.24, 2.45) is 0 Å². The van der Waals surface area contributed by atoms with Crippen LogP contribution in [0.2, 0.25) is 0 Å². The lowest BCUT2D eigenvalue weighted by Gasteiger charge is -2.24. The maximum Gasteiger partial charge on any atom is 0.472 e. The van der Waals surface area contributed by atoms with Gasteiger partial charge in [-0.1, -0.05) is 351 Å². The van der Waals surface area contributed by atoms with Crippen LogP contribution in [0.4, 0.5) is 0 Å². The van der Waals surface area contributed by atoms with Crippen LogP contribution in [0, 0.1) is 0 Å². The zero-order valence-corrected chi connectivity index (χ0v) is 61.3. The number of phosphoric ester groups is 1. The Morgan fingerprint density at radius 2 is 0.600 bits per heavy atom. The number of carbonyl (C=O) groups excluding carboxylic acids is 2. The topological polar surface area (TPSA) is 108 Å². The SMILES string of the molecule is CCCCCCC/C=C\C/C=C\C/C=C\CCCCCCCCCCCCCCCCCCC(=O)OC(COC(=O)CCCCCCCCCCCCCCCCCCCCCCCCC/C=C\C/C=C\CCCCCCC)COP(=O)(O)OCC[N+](C)(C)C. The number of rotatable bonds is 73. The third kappa shape index (κ3) is 74.7. The summed E-state index contributed by atoms with van der Waals surface area (Å²) in [6.07, 6.45) is 95.0. The molecular formula is C80H151NO8P+. The van der Waals surface area contributed by atoms with Crippen LogP contribution in [-0.4, -0.2) is 74.9 Å². The van der Waals surface area contributed by atoms with Crippen LogP contribution >= 0.6 is 7.82 Å². The first-order chi connectivity index (χ1) is 44.0. The molecule has 0 saturated heterocycles. The van der Waals surface area contributed by atoms with Gasteiger partial charge < -0.3 is 18.9 Å². The number of unbranched alkanes of at least 4 members (excludes halogenated alkanes) is 49. The van der Waals surface area contributed by atoms with Crippen molar-refractivity contribution < 1.29 is 42.1 Å². The van der Waals surface area contributed by atoms with Crippen LogP contribution in [0.3, 0.4) is 0 Å². The minimum Gasteiger partial charge on any atom is -0.462 e. The molecule has 0 spiro atoms. The van der Waals surface area contributed by atoms with E-state index in [1.54, 1.807) is 0 Å². The molecule has 0 aromatic carbocycles. The average Bonchev–Trinajstić information content (AvgIpc) is 3.58. The van der Waals surface area contributed by atoms with Crippen molar-refractivity contribution in [3.63, 3.8) is 0 Å². The van der Waals surface area contributed by atoms with Gasteiger partial charge in [-0.2, -0.15) is 0 Å². The Labute approximate surface area is 559 Å². The highest BCUT2D eigenvalue weighted by atomic mass is 31.2. The molecule has 2 unspecified atom stereocenters. The van der Waals surface area contributed by atoms with Gasteiger partial charge in [0.05, 0.1) is 27.7 Å². The molecule has 9 nitrogen and oxygen atoms in total. The van der Waals surface area contributed by atoms with Gasteiger partial charge in [0, 0.05) is 12.8 Å². The fourth-order valence-electron chi connectivity index (χ4n) is 11.5. The van der Waals surface area contributed by atoms with Crippen LogP contribution in [0.15, 0.2) is 60.8 Å². The number of hydrogen-bond donors (Lipinski definition) is 1. The summed E-state index contributed by atoms with van der Waals surface area (Å²) >= 11 is 0. The molecule has 0 aliphatic rings. The Kier molecular flexibility index (Phi) is 69.2. The van der Waals surface area contributed by atoms with Crippen LogP contribution in [0.25, 0.3) is 0 Å². The van der Waals surface area contributed by atoms with E-state index in [-0.39, 0.29) is 25.6 Å². The predicted octanol–water partition coefficient (Wildman–Crippen LogP) is 25.7. The zero-order valence-electron chi connectivity index (χ0n) is 60.4. The molecule has 0 aromatic heterocycles. The van der Waals surface area contributed by atoms with E-state index in [4.69, 9.17) is 18.5 Å². The summed E-state index contributed by atoms with van der Waals surface area (Å²) in [5.41, 5.74) is 0. The Morgan fingerprint density at radius 3 is 0.889 bits per heavy atom. The molecule has 0 radical (unpaired) electrons. The molecule has 0 aromatic rings. The van der Waals surface area contributed by atoms with Gasteiger partial charge in [0.15, 0.2) is 6.10 Å². The van der Waals surface area contributed by atoms with Crippen molar-refractivity contribution in [1.82, 2.24) is 0 Å². The smallest absolute Gasteiger partial charge is 0.462 e. The molecule has 0 amide bonds. The highest BCUT2D eigenvalue weighted by Crippen LogP contribution is 2.43. The zero-order chi connectivity index (χ0) is 65.5. The fraction of sp³-hybridized carbons (Fsp3) is 0.850. The summed E-state index contributed by atoms with van der Waals surface area (Å²) in [6, 6.07) is 0. The van der Waals surface area contributed by atoms with Gasteiger partial charge >= 0.3 is 19.8 Å². The third-order valence-electron chi connectivity index (χ3n) is 17.5. The molecule has 0 aliphatic heterocycles. The van der Waals surface area contributed by atoms with Crippen LogP contribution < -0.4 is 0 Å². The molecule has 90 heavy (non-hydrogen) atoms. The number of likely N-dealkylation sites (N-methyl/N-ethyl adjacent to an activating group) is 1. The van der Waals surface area contributed by atoms with Crippen molar-refractivity contribution in [1.29, 1.82) is 0 Å². The van der Waals surface area contributed by atoms with E-state index in [0.717, 1.165) is 51.4 Å². The van der Waals surface area contributed by atoms with E-state index in [1.165, 1.54) is 302 Å². The highest BCUT2D eigenvalue weighted by Gasteiger charge is 2.27. The predicted molar refractivity (Wildman–Crippen MR) is 390 cm³/mol. The fourth-order valence-corrected chi connectivity index (χ4v) is 12.3. The maximum absolute atomic E-state index is 12.9. The Bertz CT molecular complexity index is 1700. The molecule has 0 aliphatic carbocycles. The summed E-state index contributed by atoms with van der Waals surface area (Å²) in [6.45, 7) is 4.48. The minimum absolute atomic E-state index is 0.0331. The lowest BCUT2D eigenvalue weighted by atomic mass is 10.0. The first-order valence-corrected chi connectivity index (χ1v) is 40.5. The van der Waals surface area contributed by atoms with E-state index < -0.39 is 26.5 Å². The molecule has 0 heterocycles. The molecule has 1 N–H and O–H groups in total. The number of allylic oxidation sites excluding steroid dienone is 10. The van der Waals surface area contributed by atoms with Crippen molar-refractivity contribution >= 4 is 19.8 Å². The van der Waals surface area contributed by atoms with E-state index in [9.17, 15) is 19.0 Å². The number of hydrogen-bond acceptors (Lipinski definition) is 7. The normalized spacial score (nSPS) is 13.4. The van der Waals surface area contributed by atoms with Gasteiger partial charge in [-0.25, -0.2) is 4.57 Å². The van der Waals surface area contributed by atoms with Gasteiger partial charge in [-0.05, 0) is 83.5 Å². The second-order valence-electron chi connectivity index (χ2n) is 27.7. The third-order valence-corrected chi connectivity index (χ3v) is 18.5. The van der Waals surface area contributed by atoms with Gasteiger partial charge in [-0.15, -0.1) is 0 Å². The molecule has 10 heteroatoms. The summed E-state index contributed by atoms with van der Waals surface area (Å²) in [5, 5.41) is 0. The molecule has 0 fully saturated rings. The van der Waals surface area contributed by atoms with Gasteiger partial charge in [-0.3, -0.25) is 18.6 Å². The van der Waals surface area contributed by atoms with E-state index in [2.05, 4.69) is 74.6 Å². The van der Waals surface area contributed by atoms with Gasteiger partial charge in [0.25, 0.3) is 0 Å². The number of nitrogens with zero attached hydrogens (tertiary/aromatic N) is 1. The lowest BCUT2D eigenvalue weighted by Crippen LogP contribution is -2.37. The van der Waals surface area contributed by atoms with Crippen molar-refractivity contribution in [2.75, 3.05) is 47.5 Å². The van der Waals surface area contributed by atoms with Gasteiger partial charge in [0.1, 0.15) is 19.8 Å². The highest BCUT2D eigenvalue weighted by molar-refractivity contribution is 7.47. The first kappa shape index (κ1) is 87.7. The molecular weight excluding hydrogens is 1130 g/mol. The second kappa shape index (κ2) is 71.0.